The number of rotatable bonds is 15. The second-order valence-electron chi connectivity index (χ2n) is 7.46. The van der Waals surface area contributed by atoms with Crippen LogP contribution in [0.1, 0.15) is 76.7 Å². The van der Waals surface area contributed by atoms with E-state index in [-0.39, 0.29) is 4.90 Å². The zero-order chi connectivity index (χ0) is 20.8. The third-order valence-electron chi connectivity index (χ3n) is 5.02. The summed E-state index contributed by atoms with van der Waals surface area (Å²) in [6, 6.07) is 15.5. The van der Waals surface area contributed by atoms with E-state index in [0.717, 1.165) is 18.4 Å². The van der Waals surface area contributed by atoms with E-state index >= 15 is 0 Å². The Balaban J connectivity index is 1.71. The van der Waals surface area contributed by atoms with Gasteiger partial charge in [0.2, 0.25) is 0 Å². The average molecular weight is 419 g/mol. The first-order chi connectivity index (χ1) is 14.1. The standard InChI is InChI=1S/C24H34O4S/c1-2-3-4-5-6-7-8-9-10-12-17-22-18-15-16-21-24(22)27-28-29(25,26)23-19-13-11-14-20-23/h11,13-16,18-21H,2-10,12,17H2,1H3. The van der Waals surface area contributed by atoms with Crippen molar-refractivity contribution in [3.05, 3.63) is 60.2 Å². The molecule has 160 valence electrons. The Labute approximate surface area is 176 Å². The molecule has 0 radical (unpaired) electrons. The highest BCUT2D eigenvalue weighted by molar-refractivity contribution is 7.86. The van der Waals surface area contributed by atoms with Crippen molar-refractivity contribution in [2.75, 3.05) is 0 Å². The Morgan fingerprint density at radius 1 is 0.690 bits per heavy atom. The molecular weight excluding hydrogens is 384 g/mol. The number of aryl methyl sites for hydroxylation is 1. The average Bonchev–Trinajstić information content (AvgIpc) is 2.75. The zero-order valence-corrected chi connectivity index (χ0v) is 18.3. The highest BCUT2D eigenvalue weighted by Gasteiger charge is 2.17. The normalized spacial score (nSPS) is 11.5. The van der Waals surface area contributed by atoms with Crippen LogP contribution in [0.3, 0.4) is 0 Å². The fourth-order valence-corrected chi connectivity index (χ4v) is 4.03. The molecule has 0 saturated heterocycles. The highest BCUT2D eigenvalue weighted by Crippen LogP contribution is 2.23. The van der Waals surface area contributed by atoms with Crippen LogP contribution in [0, 0.1) is 0 Å². The molecule has 2 rings (SSSR count). The van der Waals surface area contributed by atoms with Crippen LogP contribution in [0.15, 0.2) is 59.5 Å². The molecule has 0 spiro atoms. The summed E-state index contributed by atoms with van der Waals surface area (Å²) in [6.07, 6.45) is 13.7. The van der Waals surface area contributed by atoms with Crippen molar-refractivity contribution in [3.63, 3.8) is 0 Å². The van der Waals surface area contributed by atoms with E-state index in [0.29, 0.717) is 5.75 Å². The molecule has 0 bridgehead atoms. The van der Waals surface area contributed by atoms with Gasteiger partial charge in [0.1, 0.15) is 0 Å². The lowest BCUT2D eigenvalue weighted by Crippen LogP contribution is -2.10. The van der Waals surface area contributed by atoms with E-state index in [1.807, 2.05) is 18.2 Å². The lowest BCUT2D eigenvalue weighted by molar-refractivity contribution is -0.0934. The van der Waals surface area contributed by atoms with Gasteiger partial charge >= 0.3 is 10.1 Å². The van der Waals surface area contributed by atoms with Crippen molar-refractivity contribution in [2.45, 2.75) is 82.4 Å². The van der Waals surface area contributed by atoms with Gasteiger partial charge < -0.3 is 4.89 Å². The maximum Gasteiger partial charge on any atom is 0.332 e. The van der Waals surface area contributed by atoms with Gasteiger partial charge in [0.15, 0.2) is 5.75 Å². The van der Waals surface area contributed by atoms with E-state index in [9.17, 15) is 8.42 Å². The summed E-state index contributed by atoms with van der Waals surface area (Å²) in [5.74, 6) is 0.461. The van der Waals surface area contributed by atoms with Crippen molar-refractivity contribution < 1.29 is 17.6 Å². The molecule has 2 aromatic rings. The summed E-state index contributed by atoms with van der Waals surface area (Å²) in [5.41, 5.74) is 0.968. The summed E-state index contributed by atoms with van der Waals surface area (Å²) in [5, 5.41) is 0. The Bertz CT molecular complexity index is 788. The van der Waals surface area contributed by atoms with Crippen molar-refractivity contribution in [1.29, 1.82) is 0 Å². The molecule has 0 N–H and O–H groups in total. The monoisotopic (exact) mass is 418 g/mol. The Morgan fingerprint density at radius 2 is 1.24 bits per heavy atom. The van der Waals surface area contributed by atoms with E-state index in [4.69, 9.17) is 9.22 Å². The van der Waals surface area contributed by atoms with Crippen molar-refractivity contribution >= 4 is 10.1 Å². The summed E-state index contributed by atoms with van der Waals surface area (Å²) >= 11 is 0. The number of benzene rings is 2. The molecule has 4 nitrogen and oxygen atoms in total. The van der Waals surface area contributed by atoms with Crippen LogP contribution in [0.5, 0.6) is 5.75 Å². The summed E-state index contributed by atoms with van der Waals surface area (Å²) in [7, 11) is -3.94. The van der Waals surface area contributed by atoms with Gasteiger partial charge in [0.05, 0.1) is 4.90 Å². The number of para-hydroxylation sites is 1. The molecule has 0 amide bonds. The molecule has 0 aliphatic carbocycles. The van der Waals surface area contributed by atoms with Gasteiger partial charge in [-0.1, -0.05) is 105 Å². The van der Waals surface area contributed by atoms with Crippen LogP contribution in [0.4, 0.5) is 0 Å². The fourth-order valence-electron chi connectivity index (χ4n) is 3.30. The Morgan fingerprint density at radius 3 is 1.90 bits per heavy atom. The van der Waals surface area contributed by atoms with Gasteiger partial charge in [-0.3, -0.25) is 0 Å². The van der Waals surface area contributed by atoms with Crippen LogP contribution in [0.25, 0.3) is 0 Å². The van der Waals surface area contributed by atoms with E-state index in [1.165, 1.54) is 69.9 Å². The molecule has 0 aromatic heterocycles. The molecule has 0 aliphatic heterocycles. The maximum atomic E-state index is 12.2. The second-order valence-corrected chi connectivity index (χ2v) is 8.97. The Hall–Kier alpha value is -1.85. The second kappa shape index (κ2) is 13.4. The predicted octanol–water partition coefficient (Wildman–Crippen LogP) is 6.85. The largest absolute Gasteiger partial charge is 0.332 e. The highest BCUT2D eigenvalue weighted by atomic mass is 32.2. The van der Waals surface area contributed by atoms with Crippen LogP contribution in [0.2, 0.25) is 0 Å². The van der Waals surface area contributed by atoms with E-state index in [2.05, 4.69) is 6.92 Å². The fraction of sp³-hybridized carbons (Fsp3) is 0.500. The van der Waals surface area contributed by atoms with Crippen molar-refractivity contribution in [2.24, 2.45) is 0 Å². The summed E-state index contributed by atoms with van der Waals surface area (Å²) in [6.45, 7) is 2.25. The van der Waals surface area contributed by atoms with Gasteiger partial charge in [0.25, 0.3) is 0 Å². The van der Waals surface area contributed by atoms with Gasteiger partial charge in [-0.2, -0.15) is 8.42 Å². The molecular formula is C24H34O4S. The minimum absolute atomic E-state index is 0.0761. The topological polar surface area (TPSA) is 52.6 Å². The summed E-state index contributed by atoms with van der Waals surface area (Å²) < 4.78 is 29.2. The molecule has 5 heteroatoms. The molecule has 0 fully saturated rings. The SMILES string of the molecule is CCCCCCCCCCCCc1ccccc1OOS(=O)(=O)c1ccccc1. The number of hydrogen-bond donors (Lipinski definition) is 0. The van der Waals surface area contributed by atoms with Gasteiger partial charge in [0, 0.05) is 0 Å². The number of hydrogen-bond acceptors (Lipinski definition) is 4. The van der Waals surface area contributed by atoms with E-state index < -0.39 is 10.1 Å². The van der Waals surface area contributed by atoms with Crippen molar-refractivity contribution in [1.82, 2.24) is 0 Å². The van der Waals surface area contributed by atoms with Gasteiger partial charge in [-0.15, -0.1) is 0 Å². The first-order valence-corrected chi connectivity index (χ1v) is 12.3. The smallest absolute Gasteiger partial charge is 0.320 e. The van der Waals surface area contributed by atoms with Gasteiger partial charge in [-0.25, -0.2) is 0 Å². The lowest BCUT2D eigenvalue weighted by Gasteiger charge is -2.10. The van der Waals surface area contributed by atoms with Gasteiger partial charge in [-0.05, 0) is 36.6 Å². The minimum Gasteiger partial charge on any atom is -0.320 e. The summed E-state index contributed by atoms with van der Waals surface area (Å²) in [4.78, 5) is 5.29. The molecule has 0 unspecified atom stereocenters. The van der Waals surface area contributed by atoms with Crippen LogP contribution in [-0.4, -0.2) is 8.42 Å². The minimum atomic E-state index is -3.94. The third-order valence-corrected chi connectivity index (χ3v) is 6.11. The third kappa shape index (κ3) is 9.01. The van der Waals surface area contributed by atoms with E-state index in [1.54, 1.807) is 24.3 Å². The Kier molecular flexibility index (Phi) is 10.8. The quantitative estimate of drug-likeness (QED) is 0.180. The molecule has 0 heterocycles. The maximum absolute atomic E-state index is 12.2. The van der Waals surface area contributed by atoms with Crippen LogP contribution in [-0.2, 0) is 20.9 Å². The van der Waals surface area contributed by atoms with Crippen LogP contribution < -0.4 is 4.89 Å². The first kappa shape index (κ1) is 23.4. The molecule has 0 atom stereocenters. The zero-order valence-electron chi connectivity index (χ0n) is 17.5. The molecule has 2 aromatic carbocycles. The van der Waals surface area contributed by atoms with Crippen LogP contribution >= 0.6 is 0 Å². The molecule has 0 saturated carbocycles. The van der Waals surface area contributed by atoms with Crippen molar-refractivity contribution in [3.8, 4) is 5.75 Å². The first-order valence-electron chi connectivity index (χ1n) is 10.9. The molecule has 29 heavy (non-hydrogen) atoms. The lowest BCUT2D eigenvalue weighted by atomic mass is 10.0. The predicted molar refractivity (Wildman–Crippen MR) is 117 cm³/mol. The number of unbranched alkanes of at least 4 members (excludes halogenated alkanes) is 9. The molecule has 0 aliphatic rings.